The minimum absolute atomic E-state index is 0.124. The number of hydrogen-bond donors (Lipinski definition) is 1. The van der Waals surface area contributed by atoms with Crippen molar-refractivity contribution in [1.29, 1.82) is 0 Å². The molecule has 0 bridgehead atoms. The third-order valence-corrected chi connectivity index (χ3v) is 6.37. The number of benzene rings is 2. The third-order valence-electron chi connectivity index (χ3n) is 3.84. The highest BCUT2D eigenvalue weighted by Crippen LogP contribution is 2.18. The fourth-order valence-corrected chi connectivity index (χ4v) is 4.49. The number of hydrogen-bond acceptors (Lipinski definition) is 6. The average molecular weight is 402 g/mol. The number of aromatic nitrogens is 2. The summed E-state index contributed by atoms with van der Waals surface area (Å²) < 4.78 is 24.4. The van der Waals surface area contributed by atoms with Gasteiger partial charge < -0.3 is 0 Å². The number of anilines is 1. The Kier molecular flexibility index (Phi) is 6.31. The molecule has 0 aliphatic rings. The van der Waals surface area contributed by atoms with Gasteiger partial charge in [0.2, 0.25) is 11.0 Å². The average Bonchev–Trinajstić information content (AvgIpc) is 3.10. The van der Waals surface area contributed by atoms with Crippen molar-refractivity contribution in [3.63, 3.8) is 0 Å². The first-order valence-electron chi connectivity index (χ1n) is 8.47. The lowest BCUT2D eigenvalue weighted by atomic mass is 10.1. The molecule has 1 aromatic heterocycles. The van der Waals surface area contributed by atoms with Gasteiger partial charge in [-0.1, -0.05) is 59.9 Å². The van der Waals surface area contributed by atoms with E-state index in [0.717, 1.165) is 24.3 Å². The Balaban J connectivity index is 1.50. The first-order chi connectivity index (χ1) is 13.0. The van der Waals surface area contributed by atoms with Gasteiger partial charge in [0.15, 0.2) is 9.84 Å². The first kappa shape index (κ1) is 19.2. The Morgan fingerprint density at radius 3 is 2.30 bits per heavy atom. The van der Waals surface area contributed by atoms with E-state index in [1.807, 2.05) is 18.2 Å². The molecule has 0 aliphatic carbocycles. The molecule has 140 valence electrons. The molecule has 0 unspecified atom stereocenters. The molecule has 1 amide bonds. The van der Waals surface area contributed by atoms with Crippen LogP contribution in [0, 0.1) is 0 Å². The molecule has 6 nitrogen and oxygen atoms in total. The van der Waals surface area contributed by atoms with E-state index in [0.29, 0.717) is 5.13 Å². The van der Waals surface area contributed by atoms with Crippen molar-refractivity contribution in [2.45, 2.75) is 24.2 Å². The van der Waals surface area contributed by atoms with Gasteiger partial charge in [-0.05, 0) is 30.5 Å². The number of amides is 1. The van der Waals surface area contributed by atoms with Crippen LogP contribution in [0.2, 0.25) is 0 Å². The summed E-state index contributed by atoms with van der Waals surface area (Å²) in [6, 6.07) is 18.1. The molecule has 0 radical (unpaired) electrons. The summed E-state index contributed by atoms with van der Waals surface area (Å²) in [6.45, 7) is 0. The number of aryl methyl sites for hydroxylation is 2. The highest BCUT2D eigenvalue weighted by molar-refractivity contribution is 7.92. The number of rotatable bonds is 8. The second kappa shape index (κ2) is 8.88. The van der Waals surface area contributed by atoms with Gasteiger partial charge in [-0.25, -0.2) is 8.42 Å². The highest BCUT2D eigenvalue weighted by Gasteiger charge is 2.20. The van der Waals surface area contributed by atoms with Crippen LogP contribution in [0.1, 0.15) is 17.0 Å². The number of nitrogens with one attached hydrogen (secondary N) is 1. The SMILES string of the molecule is O=C(CS(=O)(=O)c1ccccc1)Nc1nnc(CCCc2ccccc2)s1. The van der Waals surface area contributed by atoms with Crippen LogP contribution in [0.15, 0.2) is 65.6 Å². The zero-order valence-electron chi connectivity index (χ0n) is 14.5. The van der Waals surface area contributed by atoms with Crippen LogP contribution in [0.3, 0.4) is 0 Å². The molecule has 1 N–H and O–H groups in total. The maximum absolute atomic E-state index is 12.2. The molecule has 0 aliphatic heterocycles. The summed E-state index contributed by atoms with van der Waals surface area (Å²) in [4.78, 5) is 12.2. The molecule has 0 fully saturated rings. The van der Waals surface area contributed by atoms with Crippen molar-refractivity contribution in [3.8, 4) is 0 Å². The maximum atomic E-state index is 12.2. The van der Waals surface area contributed by atoms with Crippen LogP contribution in [-0.4, -0.2) is 30.3 Å². The van der Waals surface area contributed by atoms with Gasteiger partial charge in [0.05, 0.1) is 4.90 Å². The van der Waals surface area contributed by atoms with Crippen molar-refractivity contribution in [2.24, 2.45) is 0 Å². The van der Waals surface area contributed by atoms with E-state index in [2.05, 4.69) is 27.6 Å². The molecule has 0 atom stereocenters. The lowest BCUT2D eigenvalue weighted by Crippen LogP contribution is -2.22. The Labute approximate surface area is 162 Å². The Morgan fingerprint density at radius 2 is 1.59 bits per heavy atom. The largest absolute Gasteiger partial charge is 0.300 e. The van der Waals surface area contributed by atoms with Gasteiger partial charge in [-0.15, -0.1) is 10.2 Å². The Morgan fingerprint density at radius 1 is 0.926 bits per heavy atom. The van der Waals surface area contributed by atoms with Gasteiger partial charge in [-0.2, -0.15) is 0 Å². The fraction of sp³-hybridized carbons (Fsp3) is 0.211. The molecule has 0 saturated heterocycles. The Bertz CT molecular complexity index is 987. The predicted octanol–water partition coefficient (Wildman–Crippen LogP) is 3.13. The number of nitrogens with zero attached hydrogens (tertiary/aromatic N) is 2. The molecule has 8 heteroatoms. The van der Waals surface area contributed by atoms with Gasteiger partial charge in [0.1, 0.15) is 10.8 Å². The second-order valence-electron chi connectivity index (χ2n) is 5.96. The van der Waals surface area contributed by atoms with E-state index >= 15 is 0 Å². The van der Waals surface area contributed by atoms with Crippen molar-refractivity contribution in [3.05, 3.63) is 71.2 Å². The molecule has 2 aromatic carbocycles. The zero-order chi connectivity index (χ0) is 19.1. The minimum atomic E-state index is -3.67. The van der Waals surface area contributed by atoms with E-state index in [9.17, 15) is 13.2 Å². The van der Waals surface area contributed by atoms with E-state index in [4.69, 9.17) is 0 Å². The van der Waals surface area contributed by atoms with E-state index in [1.54, 1.807) is 18.2 Å². The van der Waals surface area contributed by atoms with E-state index in [-0.39, 0.29) is 4.90 Å². The van der Waals surface area contributed by atoms with Crippen LogP contribution in [0.4, 0.5) is 5.13 Å². The smallest absolute Gasteiger partial charge is 0.241 e. The van der Waals surface area contributed by atoms with Crippen molar-refractivity contribution in [1.82, 2.24) is 10.2 Å². The summed E-state index contributed by atoms with van der Waals surface area (Å²) in [6.07, 6.45) is 2.62. The van der Waals surface area contributed by atoms with Crippen molar-refractivity contribution < 1.29 is 13.2 Å². The highest BCUT2D eigenvalue weighted by atomic mass is 32.2. The van der Waals surface area contributed by atoms with Gasteiger partial charge in [0, 0.05) is 6.42 Å². The number of sulfone groups is 1. The van der Waals surface area contributed by atoms with Crippen LogP contribution in [0.5, 0.6) is 0 Å². The van der Waals surface area contributed by atoms with Crippen LogP contribution in [0.25, 0.3) is 0 Å². The number of carbonyl (C=O) groups excluding carboxylic acids is 1. The van der Waals surface area contributed by atoms with Crippen LogP contribution < -0.4 is 5.32 Å². The molecule has 1 heterocycles. The van der Waals surface area contributed by atoms with Gasteiger partial charge >= 0.3 is 0 Å². The number of carbonyl (C=O) groups is 1. The standard InChI is InChI=1S/C19H19N3O3S2/c23-17(14-27(24,25)16-11-5-2-6-12-16)20-19-22-21-18(26-19)13-7-10-15-8-3-1-4-9-15/h1-6,8-9,11-12H,7,10,13-14H2,(H,20,22,23). The van der Waals surface area contributed by atoms with Gasteiger partial charge in [-0.3, -0.25) is 10.1 Å². The summed E-state index contributed by atoms with van der Waals surface area (Å²) in [7, 11) is -3.67. The molecule has 3 aromatic rings. The molecule has 0 spiro atoms. The topological polar surface area (TPSA) is 89.0 Å². The minimum Gasteiger partial charge on any atom is -0.300 e. The molecular weight excluding hydrogens is 382 g/mol. The molecule has 27 heavy (non-hydrogen) atoms. The quantitative estimate of drug-likeness (QED) is 0.626. The maximum Gasteiger partial charge on any atom is 0.241 e. The lowest BCUT2D eigenvalue weighted by Gasteiger charge is -2.03. The van der Waals surface area contributed by atoms with Crippen LogP contribution >= 0.6 is 11.3 Å². The monoisotopic (exact) mass is 401 g/mol. The first-order valence-corrected chi connectivity index (χ1v) is 10.9. The lowest BCUT2D eigenvalue weighted by molar-refractivity contribution is -0.113. The molecule has 3 rings (SSSR count). The summed E-state index contributed by atoms with van der Waals surface area (Å²) in [5, 5.41) is 11.6. The van der Waals surface area contributed by atoms with Gasteiger partial charge in [0.25, 0.3) is 0 Å². The fourth-order valence-electron chi connectivity index (χ4n) is 2.53. The predicted molar refractivity (Wildman–Crippen MR) is 106 cm³/mol. The molecule has 0 saturated carbocycles. The van der Waals surface area contributed by atoms with E-state index < -0.39 is 21.5 Å². The molecular formula is C19H19N3O3S2. The normalized spacial score (nSPS) is 11.3. The summed E-state index contributed by atoms with van der Waals surface area (Å²) >= 11 is 1.27. The summed E-state index contributed by atoms with van der Waals surface area (Å²) in [5.41, 5.74) is 1.27. The zero-order valence-corrected chi connectivity index (χ0v) is 16.2. The second-order valence-corrected chi connectivity index (χ2v) is 9.01. The third kappa shape index (κ3) is 5.70. The van der Waals surface area contributed by atoms with Crippen molar-refractivity contribution in [2.75, 3.05) is 11.1 Å². The Hall–Kier alpha value is -2.58. The van der Waals surface area contributed by atoms with Crippen molar-refractivity contribution >= 4 is 32.2 Å². The summed E-state index contributed by atoms with van der Waals surface area (Å²) in [5.74, 6) is -1.24. The van der Waals surface area contributed by atoms with E-state index in [1.165, 1.54) is 29.0 Å². The van der Waals surface area contributed by atoms with Crippen LogP contribution in [-0.2, 0) is 27.5 Å².